The molecule has 10 heteroatoms. The van der Waals surface area contributed by atoms with E-state index in [1.807, 2.05) is 0 Å². The SMILES string of the molecule is CCC(NS(=O)(=O)c1cccc(CBr)c1)C(O)COC(=O)c1c(Cl)cccc1Cl. The largest absolute Gasteiger partial charge is 0.459 e. The molecule has 0 radical (unpaired) electrons. The molecule has 0 amide bonds. The molecule has 29 heavy (non-hydrogen) atoms. The molecule has 0 spiro atoms. The Hall–Kier alpha value is -1.16. The van der Waals surface area contributed by atoms with Gasteiger partial charge in [0.1, 0.15) is 12.7 Å². The minimum Gasteiger partial charge on any atom is -0.459 e. The molecule has 0 heterocycles. The number of rotatable bonds is 9. The van der Waals surface area contributed by atoms with Gasteiger partial charge in [0.25, 0.3) is 0 Å². The van der Waals surface area contributed by atoms with Crippen molar-refractivity contribution in [3.8, 4) is 0 Å². The fourth-order valence-electron chi connectivity index (χ4n) is 2.54. The summed E-state index contributed by atoms with van der Waals surface area (Å²) in [6.07, 6.45) is -0.984. The van der Waals surface area contributed by atoms with Crippen molar-refractivity contribution in [1.29, 1.82) is 0 Å². The van der Waals surface area contributed by atoms with E-state index < -0.39 is 34.7 Å². The fourth-order valence-corrected chi connectivity index (χ4v) is 4.86. The molecular weight excluding hydrogens is 505 g/mol. The molecule has 6 nitrogen and oxygen atoms in total. The van der Waals surface area contributed by atoms with Gasteiger partial charge in [-0.05, 0) is 36.2 Å². The van der Waals surface area contributed by atoms with Crippen molar-refractivity contribution in [3.63, 3.8) is 0 Å². The highest BCUT2D eigenvalue weighted by molar-refractivity contribution is 9.08. The molecule has 0 aromatic heterocycles. The average molecular weight is 525 g/mol. The first-order valence-electron chi connectivity index (χ1n) is 8.66. The first kappa shape index (κ1) is 24.1. The maximum atomic E-state index is 12.6. The molecule has 0 saturated carbocycles. The average Bonchev–Trinajstić information content (AvgIpc) is 2.70. The molecule has 0 aliphatic carbocycles. The number of alkyl halides is 1. The number of carbonyl (C=O) groups is 1. The van der Waals surface area contributed by atoms with Gasteiger partial charge < -0.3 is 9.84 Å². The van der Waals surface area contributed by atoms with Crippen molar-refractivity contribution in [2.24, 2.45) is 0 Å². The minimum absolute atomic E-state index is 0.0109. The molecule has 0 aliphatic rings. The number of aliphatic hydroxyl groups excluding tert-OH is 1. The van der Waals surface area contributed by atoms with Gasteiger partial charge >= 0.3 is 5.97 Å². The summed E-state index contributed by atoms with van der Waals surface area (Å²) in [4.78, 5) is 12.3. The third-order valence-corrected chi connectivity index (χ3v) is 6.89. The van der Waals surface area contributed by atoms with E-state index in [0.717, 1.165) is 5.56 Å². The zero-order chi connectivity index (χ0) is 21.6. The van der Waals surface area contributed by atoms with Crippen LogP contribution in [0.4, 0.5) is 0 Å². The third kappa shape index (κ3) is 6.41. The van der Waals surface area contributed by atoms with Crippen LogP contribution in [0.1, 0.15) is 29.3 Å². The first-order valence-corrected chi connectivity index (χ1v) is 12.0. The van der Waals surface area contributed by atoms with E-state index >= 15 is 0 Å². The number of hydrogen-bond acceptors (Lipinski definition) is 5. The molecule has 158 valence electrons. The van der Waals surface area contributed by atoms with E-state index in [9.17, 15) is 18.3 Å². The van der Waals surface area contributed by atoms with Crippen LogP contribution < -0.4 is 4.72 Å². The molecule has 2 unspecified atom stereocenters. The first-order chi connectivity index (χ1) is 13.7. The molecule has 0 fully saturated rings. The summed E-state index contributed by atoms with van der Waals surface area (Å²) in [6.45, 7) is 1.28. The zero-order valence-corrected chi connectivity index (χ0v) is 19.4. The standard InChI is InChI=1S/C19H20BrCl2NO5S/c1-2-16(23-29(26,27)13-6-3-5-12(9-13)10-20)17(24)11-28-19(25)18-14(21)7-4-8-15(18)22/h3-9,16-17,23-24H,2,10-11H2,1H3. The topological polar surface area (TPSA) is 92.7 Å². The lowest BCUT2D eigenvalue weighted by Gasteiger charge is -2.23. The summed E-state index contributed by atoms with van der Waals surface area (Å²) in [7, 11) is -3.87. The van der Waals surface area contributed by atoms with Crippen LogP contribution in [0.2, 0.25) is 10.0 Å². The van der Waals surface area contributed by atoms with E-state index in [-0.39, 0.29) is 26.9 Å². The minimum atomic E-state index is -3.87. The Morgan fingerprint density at radius 3 is 2.41 bits per heavy atom. The maximum Gasteiger partial charge on any atom is 0.341 e. The highest BCUT2D eigenvalue weighted by Crippen LogP contribution is 2.25. The number of ether oxygens (including phenoxy) is 1. The summed E-state index contributed by atoms with van der Waals surface area (Å²) in [5.41, 5.74) is 0.787. The van der Waals surface area contributed by atoms with Crippen LogP contribution in [0.15, 0.2) is 47.4 Å². The number of carbonyl (C=O) groups excluding carboxylic acids is 1. The number of halogens is 3. The highest BCUT2D eigenvalue weighted by Gasteiger charge is 2.26. The summed E-state index contributed by atoms with van der Waals surface area (Å²) in [5.74, 6) is -0.803. The van der Waals surface area contributed by atoms with Crippen LogP contribution in [-0.4, -0.2) is 38.2 Å². The Kier molecular flexibility index (Phi) is 8.93. The quantitative estimate of drug-likeness (QED) is 0.379. The van der Waals surface area contributed by atoms with Crippen LogP contribution >= 0.6 is 39.1 Å². The van der Waals surface area contributed by atoms with Crippen molar-refractivity contribution >= 4 is 55.1 Å². The molecule has 2 rings (SSSR count). The van der Waals surface area contributed by atoms with Crippen LogP contribution in [-0.2, 0) is 20.1 Å². The second-order valence-corrected chi connectivity index (χ2v) is 9.27. The lowest BCUT2D eigenvalue weighted by atomic mass is 10.1. The normalized spacial score (nSPS) is 13.7. The monoisotopic (exact) mass is 523 g/mol. The maximum absolute atomic E-state index is 12.6. The Morgan fingerprint density at radius 2 is 1.83 bits per heavy atom. The molecule has 0 saturated heterocycles. The molecular formula is C19H20BrCl2NO5S. The van der Waals surface area contributed by atoms with E-state index in [0.29, 0.717) is 5.33 Å². The lowest BCUT2D eigenvalue weighted by molar-refractivity contribution is 0.0176. The van der Waals surface area contributed by atoms with Gasteiger partial charge in [0.2, 0.25) is 10.0 Å². The second kappa shape index (κ2) is 10.7. The van der Waals surface area contributed by atoms with E-state index in [4.69, 9.17) is 27.9 Å². The Bertz CT molecular complexity index is 951. The van der Waals surface area contributed by atoms with Gasteiger partial charge in [0, 0.05) is 5.33 Å². The smallest absolute Gasteiger partial charge is 0.341 e. The lowest BCUT2D eigenvalue weighted by Crippen LogP contribution is -2.45. The van der Waals surface area contributed by atoms with Gasteiger partial charge in [0.05, 0.1) is 26.5 Å². The van der Waals surface area contributed by atoms with E-state index in [1.165, 1.54) is 24.3 Å². The Balaban J connectivity index is 2.06. The van der Waals surface area contributed by atoms with Gasteiger partial charge in [0.15, 0.2) is 0 Å². The van der Waals surface area contributed by atoms with Crippen LogP contribution in [0.3, 0.4) is 0 Å². The van der Waals surface area contributed by atoms with Gasteiger partial charge in [-0.25, -0.2) is 17.9 Å². The predicted octanol–water partition coefficient (Wildman–Crippen LogP) is 4.16. The predicted molar refractivity (Wildman–Crippen MR) is 116 cm³/mol. The zero-order valence-electron chi connectivity index (χ0n) is 15.4. The van der Waals surface area contributed by atoms with Gasteiger partial charge in [-0.1, -0.05) is 64.3 Å². The van der Waals surface area contributed by atoms with Crippen molar-refractivity contribution in [3.05, 3.63) is 63.6 Å². The van der Waals surface area contributed by atoms with Crippen molar-refractivity contribution < 1.29 is 23.1 Å². The number of aliphatic hydroxyl groups is 1. The number of sulfonamides is 1. The summed E-state index contributed by atoms with van der Waals surface area (Å²) < 4.78 is 32.8. The summed E-state index contributed by atoms with van der Waals surface area (Å²) >= 11 is 15.2. The summed E-state index contributed by atoms with van der Waals surface area (Å²) in [6, 6.07) is 10.1. The van der Waals surface area contributed by atoms with Crippen LogP contribution in [0.5, 0.6) is 0 Å². The number of benzene rings is 2. The Morgan fingerprint density at radius 1 is 1.21 bits per heavy atom. The van der Waals surface area contributed by atoms with Gasteiger partial charge in [-0.3, -0.25) is 0 Å². The third-order valence-electron chi connectivity index (χ3n) is 4.13. The highest BCUT2D eigenvalue weighted by atomic mass is 79.9. The fraction of sp³-hybridized carbons (Fsp3) is 0.316. The molecule has 0 bridgehead atoms. The Labute approximate surface area is 188 Å². The number of esters is 1. The van der Waals surface area contributed by atoms with E-state index in [1.54, 1.807) is 25.1 Å². The number of nitrogens with one attached hydrogen (secondary N) is 1. The van der Waals surface area contributed by atoms with Crippen molar-refractivity contribution in [2.75, 3.05) is 6.61 Å². The van der Waals surface area contributed by atoms with Gasteiger partial charge in [-0.15, -0.1) is 0 Å². The van der Waals surface area contributed by atoms with Crippen molar-refractivity contribution in [1.82, 2.24) is 4.72 Å². The van der Waals surface area contributed by atoms with E-state index in [2.05, 4.69) is 20.7 Å². The van der Waals surface area contributed by atoms with Crippen molar-refractivity contribution in [2.45, 2.75) is 35.7 Å². The van der Waals surface area contributed by atoms with Gasteiger partial charge in [-0.2, -0.15) is 0 Å². The second-order valence-electron chi connectivity index (χ2n) is 6.18. The molecule has 2 N–H and O–H groups in total. The number of hydrogen-bond donors (Lipinski definition) is 2. The molecule has 0 aliphatic heterocycles. The molecule has 2 atom stereocenters. The summed E-state index contributed by atoms with van der Waals surface area (Å²) in [5, 5.41) is 11.1. The van der Waals surface area contributed by atoms with Crippen LogP contribution in [0, 0.1) is 0 Å². The van der Waals surface area contributed by atoms with Crippen LogP contribution in [0.25, 0.3) is 0 Å². The molecule has 2 aromatic carbocycles. The molecule has 2 aromatic rings.